The van der Waals surface area contributed by atoms with E-state index in [-0.39, 0.29) is 102 Å². The van der Waals surface area contributed by atoms with Crippen molar-refractivity contribution >= 4 is 180 Å². The van der Waals surface area contributed by atoms with Gasteiger partial charge in [-0.2, -0.15) is 25.3 Å². The first-order chi connectivity index (χ1) is 62.2. The van der Waals surface area contributed by atoms with Gasteiger partial charge in [0.1, 0.15) is 29.5 Å². The molecule has 4 aromatic rings. The molecule has 0 aromatic heterocycles. The minimum atomic E-state index is -3.02. The molecule has 4 rings (SSSR count). The molecule has 0 aliphatic rings. The van der Waals surface area contributed by atoms with E-state index >= 15 is 0 Å². The second-order valence-electron chi connectivity index (χ2n) is 40.5. The van der Waals surface area contributed by atoms with Crippen molar-refractivity contribution < 1.29 is 77.1 Å². The highest BCUT2D eigenvalue weighted by atomic mass is 32.2. The molecule has 752 valence electrons. The first kappa shape index (κ1) is 125. The number of benzene rings is 4. The van der Waals surface area contributed by atoms with E-state index in [1.807, 2.05) is 141 Å². The standard InChI is InChI=1S/C38H54N4O5S4.C37H52N4O5S4.C23H44N4O4S3/c1-36(2,39-5)28-37(3,34(44)40-23-16-26-49-32(43)30-18-11-9-12-19-30)29-38(4,50-33(48)31-20-13-10-14-21-31)35(45)41-22-15-24-42(6,7)25-17-27-51(8,46)47;1-35(2,38-5)27-36(3,33(43)40-22-25-48-31(42)29-17-11-9-12-18-29)28-37(4,49-32(47)30-19-13-10-14-20-30)34(44)39-21-15-23-41(6,7)24-16-26-50(8,45)46;1-21(2,24-5)17-22(3,19(28)26-12-15-32)18-23(4,33)20(29)25-11-9-13-27(6,7)14-10-16-34(8,30)31/h9-14,18-21H,15-17,22-29H2,1-4,6-8H3,(H-,40,41,44,45);9-14,17-20H,15-16,21-28H2,1-4,6-8H3,(H-,39,40,43,44);9-18H2,1-4,6-8H3,(H3-,25,26,28,29,32,33)/p+3. The first-order valence-corrected chi connectivity index (χ1v) is 57.1. The van der Waals surface area contributed by atoms with Crippen molar-refractivity contribution in [1.82, 2.24) is 31.9 Å². The van der Waals surface area contributed by atoms with E-state index < -0.39 is 76.6 Å². The molecule has 0 bridgehead atoms. The van der Waals surface area contributed by atoms with Crippen LogP contribution in [0.25, 0.3) is 14.5 Å². The van der Waals surface area contributed by atoms with Crippen LogP contribution >= 0.6 is 96.7 Å². The van der Waals surface area contributed by atoms with Crippen LogP contribution in [0, 0.1) is 36.0 Å². The average Bonchev–Trinajstić information content (AvgIpc) is 0.787. The molecule has 4 aromatic carbocycles. The Labute approximate surface area is 847 Å². The molecule has 0 saturated carbocycles. The monoisotopic (exact) mass is 2070 g/mol. The number of sulfone groups is 3. The number of thiol groups is 2. The van der Waals surface area contributed by atoms with Crippen molar-refractivity contribution in [2.45, 2.75) is 197 Å². The maximum absolute atomic E-state index is 14.2. The molecule has 6 amide bonds. The summed E-state index contributed by atoms with van der Waals surface area (Å²) in [6.07, 6.45) is 9.24. The lowest BCUT2D eigenvalue weighted by Crippen LogP contribution is -2.52. The molecule has 0 saturated heterocycles. The number of carbonyl (C=O) groups is 8. The number of rotatable bonds is 57. The Morgan fingerprint density at radius 3 is 0.896 bits per heavy atom. The van der Waals surface area contributed by atoms with Gasteiger partial charge in [0.25, 0.3) is 0 Å². The van der Waals surface area contributed by atoms with Crippen molar-refractivity contribution in [1.29, 1.82) is 0 Å². The van der Waals surface area contributed by atoms with Gasteiger partial charge in [-0.05, 0) is 57.6 Å². The van der Waals surface area contributed by atoms with Crippen molar-refractivity contribution in [3.63, 3.8) is 0 Å². The van der Waals surface area contributed by atoms with Crippen LogP contribution < -0.4 is 31.9 Å². The largest absolute Gasteiger partial charge is 0.356 e. The highest BCUT2D eigenvalue weighted by Gasteiger charge is 2.53. The molecule has 6 N–H and O–H groups in total. The van der Waals surface area contributed by atoms with E-state index in [0.717, 1.165) is 55.5 Å². The van der Waals surface area contributed by atoms with E-state index in [4.69, 9.17) is 44.2 Å². The fourth-order valence-corrected chi connectivity index (χ4v) is 23.9. The Bertz CT molecular complexity index is 5030. The van der Waals surface area contributed by atoms with Crippen LogP contribution in [0.15, 0.2) is 121 Å². The van der Waals surface area contributed by atoms with Gasteiger partial charge in [-0.1, -0.05) is 214 Å². The third-order valence-electron chi connectivity index (χ3n) is 22.7. The summed E-state index contributed by atoms with van der Waals surface area (Å²) >= 11 is 25.3. The molecule has 0 aliphatic carbocycles. The molecule has 0 aliphatic heterocycles. The number of hydrogen-bond acceptors (Lipinski definition) is 22. The third kappa shape index (κ3) is 50.5. The van der Waals surface area contributed by atoms with Gasteiger partial charge < -0.3 is 59.9 Å². The summed E-state index contributed by atoms with van der Waals surface area (Å²) in [4.78, 5) is 119. The summed E-state index contributed by atoms with van der Waals surface area (Å²) in [5.74, 6) is 0.348. The summed E-state index contributed by atoms with van der Waals surface area (Å²) in [5, 5.41) is 17.9. The number of amides is 6. The zero-order chi connectivity index (χ0) is 103. The van der Waals surface area contributed by atoms with Crippen LogP contribution in [0.4, 0.5) is 0 Å². The minimum absolute atomic E-state index is 0.0202. The van der Waals surface area contributed by atoms with E-state index in [9.17, 15) is 63.6 Å². The normalized spacial score (nSPS) is 14.8. The molecular weight excluding hydrogens is 1920 g/mol. The molecule has 0 heterocycles. The van der Waals surface area contributed by atoms with Crippen LogP contribution in [0.5, 0.6) is 0 Å². The zero-order valence-electron chi connectivity index (χ0n) is 83.4. The van der Waals surface area contributed by atoms with Gasteiger partial charge in [-0.3, -0.25) is 38.4 Å². The predicted molar refractivity (Wildman–Crippen MR) is 575 cm³/mol. The SMILES string of the molecule is [C-]#[N+]C(C)(C)CC(C)(CC(C)(S)C(=O)NCCC[N+](C)(C)CCCS(C)(=O)=O)C(=O)NCCS.[C-]#[N+]C(C)(C)CC(C)(CC(C)(SC(=S)c1ccccc1)C(=O)NCCC[N+](C)(C)CCCS(C)(=O)=O)C(=O)NCCCSC(=O)c1ccccc1.[C-]#[N+]C(C)(C)CC(C)(CC(C)(SC(=S)c1ccccc1)C(=O)NCCC[N+](C)(C)CCCS(C)(=O)=O)C(=O)NCCSC(=O)c1ccccc1. The first-order valence-electron chi connectivity index (χ1n) is 45.4. The smallest absolute Gasteiger partial charge is 0.236 e. The molecule has 0 spiro atoms. The summed E-state index contributed by atoms with van der Waals surface area (Å²) in [6, 6.07) is 36.9. The van der Waals surface area contributed by atoms with Crippen molar-refractivity contribution in [3.05, 3.63) is 178 Å². The summed E-state index contributed by atoms with van der Waals surface area (Å²) in [7, 11) is 3.26. The Morgan fingerprint density at radius 2 is 0.600 bits per heavy atom. The van der Waals surface area contributed by atoms with E-state index in [1.54, 1.807) is 106 Å². The van der Waals surface area contributed by atoms with Crippen molar-refractivity contribution in [2.75, 3.05) is 174 Å². The molecule has 37 heteroatoms. The van der Waals surface area contributed by atoms with Gasteiger partial charge in [-0.15, -0.1) is 0 Å². The predicted octanol–water partition coefficient (Wildman–Crippen LogP) is 14.7. The Kier molecular flexibility index (Phi) is 52.4. The number of nitrogens with zero attached hydrogens (tertiary/aromatic N) is 6. The maximum atomic E-state index is 14.2. The number of nitrogens with one attached hydrogen (secondary N) is 6. The van der Waals surface area contributed by atoms with Crippen LogP contribution in [0.2, 0.25) is 0 Å². The molecule has 0 radical (unpaired) electrons. The molecule has 6 unspecified atom stereocenters. The van der Waals surface area contributed by atoms with Gasteiger partial charge in [0.2, 0.25) is 62.3 Å². The van der Waals surface area contributed by atoms with Gasteiger partial charge in [0.15, 0.2) is 0 Å². The van der Waals surface area contributed by atoms with Gasteiger partial charge in [0.05, 0.1) is 138 Å². The zero-order valence-corrected chi connectivity index (χ0v) is 92.6. The molecule has 0 fully saturated rings. The van der Waals surface area contributed by atoms with Crippen LogP contribution in [0.1, 0.15) is 198 Å². The third-order valence-corrected chi connectivity index (χ3v) is 31.7. The number of thioether (sulfide) groups is 4. The summed E-state index contributed by atoms with van der Waals surface area (Å²) in [5.41, 5.74) is -2.87. The lowest BCUT2D eigenvalue weighted by Gasteiger charge is -2.38. The minimum Gasteiger partial charge on any atom is -0.356 e. The number of thiocarbonyl (C=S) groups is 2. The Morgan fingerprint density at radius 1 is 0.348 bits per heavy atom. The van der Waals surface area contributed by atoms with Crippen molar-refractivity contribution in [2.24, 2.45) is 16.2 Å². The number of carbonyl (C=O) groups excluding carboxylic acids is 8. The highest BCUT2D eigenvalue weighted by Crippen LogP contribution is 2.47. The van der Waals surface area contributed by atoms with E-state index in [0.29, 0.717) is 141 Å². The van der Waals surface area contributed by atoms with Gasteiger partial charge in [0, 0.05) is 186 Å². The van der Waals surface area contributed by atoms with E-state index in [2.05, 4.69) is 71.7 Å². The molecule has 135 heavy (non-hydrogen) atoms. The Hall–Kier alpha value is -6.48. The molecular formula is C98H153N12O14S11+3. The fraction of sp³-hybridized carbons (Fsp3) is 0.622. The molecule has 26 nitrogen and oxygen atoms in total. The lowest BCUT2D eigenvalue weighted by molar-refractivity contribution is -0.890. The topological polar surface area (TPSA) is 324 Å². The second-order valence-corrected chi connectivity index (χ2v) is 55.2. The van der Waals surface area contributed by atoms with Crippen molar-refractivity contribution in [3.8, 4) is 0 Å². The number of quaternary nitrogens is 3. The molecule has 6 atom stereocenters. The lowest BCUT2D eigenvalue weighted by atomic mass is 9.72. The van der Waals surface area contributed by atoms with Crippen LogP contribution in [-0.4, -0.2) is 298 Å². The van der Waals surface area contributed by atoms with Crippen LogP contribution in [-0.2, 0) is 58.3 Å². The summed E-state index contributed by atoms with van der Waals surface area (Å²) < 4.78 is 68.5. The second kappa shape index (κ2) is 56.8. The summed E-state index contributed by atoms with van der Waals surface area (Å²) in [6.45, 7) is 51.2. The fourth-order valence-electron chi connectivity index (χ4n) is 16.1. The van der Waals surface area contributed by atoms with Gasteiger partial charge in [-0.25, -0.2) is 45.0 Å². The average molecular weight is 2080 g/mol. The number of hydrogen-bond donors (Lipinski definition) is 8. The van der Waals surface area contributed by atoms with Crippen LogP contribution in [0.3, 0.4) is 0 Å². The quantitative estimate of drug-likeness (QED) is 0.00669. The highest BCUT2D eigenvalue weighted by molar-refractivity contribution is 8.25. The van der Waals surface area contributed by atoms with E-state index in [1.165, 1.54) is 54.1 Å². The Balaban J connectivity index is 0.000000701. The van der Waals surface area contributed by atoms with Gasteiger partial charge >= 0.3 is 0 Å². The maximum Gasteiger partial charge on any atom is 0.236 e.